The highest BCUT2D eigenvalue weighted by atomic mass is 79.9. The van der Waals surface area contributed by atoms with Crippen molar-refractivity contribution in [3.63, 3.8) is 0 Å². The third kappa shape index (κ3) is 4.63. The maximum Gasteiger partial charge on any atom is 0.337 e. The molecule has 1 amide bonds. The minimum absolute atomic E-state index is 0.0329. The first-order valence-corrected chi connectivity index (χ1v) is 8.28. The van der Waals surface area contributed by atoms with Crippen LogP contribution in [0.3, 0.4) is 0 Å². The number of hydrogen-bond acceptors (Lipinski definition) is 3. The van der Waals surface area contributed by atoms with E-state index in [0.717, 1.165) is 0 Å². The van der Waals surface area contributed by atoms with Crippen molar-refractivity contribution in [1.82, 2.24) is 0 Å². The number of amides is 1. The third-order valence-electron chi connectivity index (χ3n) is 3.04. The van der Waals surface area contributed by atoms with Crippen LogP contribution in [0.15, 0.2) is 40.9 Å². The summed E-state index contributed by atoms with van der Waals surface area (Å²) in [6.07, 6.45) is -0.894. The molecule has 0 aliphatic rings. The van der Waals surface area contributed by atoms with Crippen molar-refractivity contribution < 1.29 is 19.4 Å². The number of halogens is 3. The van der Waals surface area contributed by atoms with Crippen LogP contribution in [-0.2, 0) is 4.79 Å². The number of aromatic carboxylic acids is 1. The summed E-state index contributed by atoms with van der Waals surface area (Å²) in [5.74, 6) is -1.36. The molecular formula is C16H12BrCl2NO4. The Balaban J connectivity index is 2.13. The van der Waals surface area contributed by atoms with Crippen molar-refractivity contribution in [2.75, 3.05) is 5.32 Å². The van der Waals surface area contributed by atoms with Gasteiger partial charge in [-0.15, -0.1) is 0 Å². The second kappa shape index (κ2) is 7.88. The summed E-state index contributed by atoms with van der Waals surface area (Å²) in [5.41, 5.74) is 0.141. The van der Waals surface area contributed by atoms with Gasteiger partial charge in [0.25, 0.3) is 5.91 Å². The topological polar surface area (TPSA) is 75.6 Å². The molecule has 0 aromatic heterocycles. The SMILES string of the molecule is C[C@@H](Oc1ccc(Cl)cc1Cl)C(=O)Nc1ccc(Br)cc1C(=O)O. The van der Waals surface area contributed by atoms with Crippen molar-refractivity contribution in [2.24, 2.45) is 0 Å². The van der Waals surface area contributed by atoms with Gasteiger partial charge in [-0.2, -0.15) is 0 Å². The quantitative estimate of drug-likeness (QED) is 0.707. The molecule has 0 saturated heterocycles. The average molecular weight is 433 g/mol. The number of carbonyl (C=O) groups excluding carboxylic acids is 1. The standard InChI is InChI=1S/C16H12BrCl2NO4/c1-8(24-14-5-3-10(18)7-12(14)19)15(21)20-13-4-2-9(17)6-11(13)16(22)23/h2-8H,1H3,(H,20,21)(H,22,23)/t8-/m1/s1. The lowest BCUT2D eigenvalue weighted by Crippen LogP contribution is -2.30. The summed E-state index contributed by atoms with van der Waals surface area (Å²) in [5, 5.41) is 12.5. The van der Waals surface area contributed by atoms with E-state index in [4.69, 9.17) is 27.9 Å². The minimum Gasteiger partial charge on any atom is -0.479 e. The summed E-state index contributed by atoms with van der Waals surface area (Å²) < 4.78 is 6.09. The number of anilines is 1. The van der Waals surface area contributed by atoms with Crippen LogP contribution in [0.2, 0.25) is 10.0 Å². The predicted molar refractivity (Wildman–Crippen MR) is 96.3 cm³/mol. The molecule has 0 unspecified atom stereocenters. The smallest absolute Gasteiger partial charge is 0.337 e. The molecule has 0 aliphatic carbocycles. The Hall–Kier alpha value is -1.76. The number of nitrogens with one attached hydrogen (secondary N) is 1. The van der Waals surface area contributed by atoms with Crippen LogP contribution in [0.1, 0.15) is 17.3 Å². The molecule has 0 saturated carbocycles. The first-order chi connectivity index (χ1) is 11.3. The molecule has 0 fully saturated rings. The largest absolute Gasteiger partial charge is 0.479 e. The van der Waals surface area contributed by atoms with E-state index in [1.165, 1.54) is 25.1 Å². The van der Waals surface area contributed by atoms with Crippen molar-refractivity contribution in [2.45, 2.75) is 13.0 Å². The van der Waals surface area contributed by atoms with Gasteiger partial charge in [0.15, 0.2) is 6.10 Å². The van der Waals surface area contributed by atoms with Gasteiger partial charge in [0.05, 0.1) is 16.3 Å². The van der Waals surface area contributed by atoms with E-state index in [-0.39, 0.29) is 16.3 Å². The summed E-state index contributed by atoms with van der Waals surface area (Å²) in [6, 6.07) is 9.17. The lowest BCUT2D eigenvalue weighted by Gasteiger charge is -2.16. The fraction of sp³-hybridized carbons (Fsp3) is 0.125. The summed E-state index contributed by atoms with van der Waals surface area (Å²) in [4.78, 5) is 23.5. The van der Waals surface area contributed by atoms with Gasteiger partial charge in [-0.1, -0.05) is 39.1 Å². The van der Waals surface area contributed by atoms with Crippen LogP contribution in [0.25, 0.3) is 0 Å². The predicted octanol–water partition coefficient (Wildman–Crippen LogP) is 4.86. The molecule has 126 valence electrons. The molecule has 2 aromatic rings. The van der Waals surface area contributed by atoms with E-state index >= 15 is 0 Å². The van der Waals surface area contributed by atoms with E-state index in [1.54, 1.807) is 18.2 Å². The van der Waals surface area contributed by atoms with E-state index in [0.29, 0.717) is 15.2 Å². The molecule has 8 heteroatoms. The molecule has 2 rings (SSSR count). The lowest BCUT2D eigenvalue weighted by molar-refractivity contribution is -0.122. The average Bonchev–Trinajstić information content (AvgIpc) is 2.51. The Morgan fingerprint density at radius 1 is 1.21 bits per heavy atom. The number of carbonyl (C=O) groups is 2. The molecule has 5 nitrogen and oxygen atoms in total. The number of hydrogen-bond donors (Lipinski definition) is 2. The molecule has 0 aliphatic heterocycles. The van der Waals surface area contributed by atoms with Gasteiger partial charge in [-0.05, 0) is 43.3 Å². The van der Waals surface area contributed by atoms with Gasteiger partial charge < -0.3 is 15.2 Å². The maximum absolute atomic E-state index is 12.2. The zero-order chi connectivity index (χ0) is 17.9. The van der Waals surface area contributed by atoms with Crippen molar-refractivity contribution in [3.8, 4) is 5.75 Å². The highest BCUT2D eigenvalue weighted by molar-refractivity contribution is 9.10. The normalized spacial score (nSPS) is 11.7. The van der Waals surface area contributed by atoms with Gasteiger partial charge in [-0.3, -0.25) is 4.79 Å². The van der Waals surface area contributed by atoms with Crippen LogP contribution >= 0.6 is 39.1 Å². The molecule has 2 N–H and O–H groups in total. The lowest BCUT2D eigenvalue weighted by atomic mass is 10.1. The molecule has 24 heavy (non-hydrogen) atoms. The van der Waals surface area contributed by atoms with Crippen molar-refractivity contribution >= 4 is 56.7 Å². The number of rotatable bonds is 5. The molecule has 0 radical (unpaired) electrons. The molecule has 0 bridgehead atoms. The number of benzene rings is 2. The zero-order valence-electron chi connectivity index (χ0n) is 12.3. The van der Waals surface area contributed by atoms with E-state index in [2.05, 4.69) is 21.2 Å². The number of ether oxygens (including phenoxy) is 1. The van der Waals surface area contributed by atoms with Crippen LogP contribution in [0.4, 0.5) is 5.69 Å². The Labute approximate surface area is 156 Å². The molecule has 0 heterocycles. The molecular weight excluding hydrogens is 421 g/mol. The first-order valence-electron chi connectivity index (χ1n) is 6.73. The second-order valence-corrected chi connectivity index (χ2v) is 6.58. The Morgan fingerprint density at radius 3 is 2.54 bits per heavy atom. The zero-order valence-corrected chi connectivity index (χ0v) is 15.4. The molecule has 0 spiro atoms. The maximum atomic E-state index is 12.2. The highest BCUT2D eigenvalue weighted by Crippen LogP contribution is 2.28. The monoisotopic (exact) mass is 431 g/mol. The fourth-order valence-corrected chi connectivity index (χ4v) is 2.67. The van der Waals surface area contributed by atoms with Gasteiger partial charge in [0.2, 0.25) is 0 Å². The van der Waals surface area contributed by atoms with Crippen LogP contribution < -0.4 is 10.1 Å². The van der Waals surface area contributed by atoms with Gasteiger partial charge >= 0.3 is 5.97 Å². The van der Waals surface area contributed by atoms with Gasteiger partial charge in [0, 0.05) is 9.50 Å². The Bertz CT molecular complexity index is 798. The summed E-state index contributed by atoms with van der Waals surface area (Å²) in [6.45, 7) is 1.53. The summed E-state index contributed by atoms with van der Waals surface area (Å²) >= 11 is 15.0. The second-order valence-electron chi connectivity index (χ2n) is 4.82. The van der Waals surface area contributed by atoms with E-state index in [1.807, 2.05) is 0 Å². The Morgan fingerprint density at radius 2 is 1.92 bits per heavy atom. The molecule has 1 atom stereocenters. The van der Waals surface area contributed by atoms with Crippen LogP contribution in [0, 0.1) is 0 Å². The van der Waals surface area contributed by atoms with Crippen LogP contribution in [-0.4, -0.2) is 23.1 Å². The Kier molecular flexibility index (Phi) is 6.10. The van der Waals surface area contributed by atoms with Crippen molar-refractivity contribution in [3.05, 3.63) is 56.5 Å². The number of carboxylic acid groups (broad SMARTS) is 1. The third-order valence-corrected chi connectivity index (χ3v) is 4.06. The summed E-state index contributed by atoms with van der Waals surface area (Å²) in [7, 11) is 0. The van der Waals surface area contributed by atoms with Crippen molar-refractivity contribution in [1.29, 1.82) is 0 Å². The van der Waals surface area contributed by atoms with Gasteiger partial charge in [0.1, 0.15) is 5.75 Å². The molecule has 2 aromatic carbocycles. The van der Waals surface area contributed by atoms with E-state index < -0.39 is 18.0 Å². The first kappa shape index (κ1) is 18.6. The highest BCUT2D eigenvalue weighted by Gasteiger charge is 2.19. The fourth-order valence-electron chi connectivity index (χ4n) is 1.85. The number of carboxylic acids is 1. The minimum atomic E-state index is -1.15. The van der Waals surface area contributed by atoms with Gasteiger partial charge in [-0.25, -0.2) is 4.79 Å². The van der Waals surface area contributed by atoms with Crippen LogP contribution in [0.5, 0.6) is 5.75 Å². The van der Waals surface area contributed by atoms with E-state index in [9.17, 15) is 14.7 Å².